The van der Waals surface area contributed by atoms with Gasteiger partial charge in [0.2, 0.25) is 0 Å². The van der Waals surface area contributed by atoms with Crippen molar-refractivity contribution in [2.75, 3.05) is 6.54 Å². The number of nitrogens with one attached hydrogen (secondary N) is 1. The molecule has 0 saturated carbocycles. The van der Waals surface area contributed by atoms with Crippen LogP contribution >= 0.6 is 0 Å². The van der Waals surface area contributed by atoms with Crippen molar-refractivity contribution in [3.8, 4) is 11.8 Å². The van der Waals surface area contributed by atoms with Crippen LogP contribution in [-0.2, 0) is 10.4 Å². The molecule has 132 valence electrons. The van der Waals surface area contributed by atoms with Gasteiger partial charge >= 0.3 is 0 Å². The van der Waals surface area contributed by atoms with Crippen molar-refractivity contribution >= 4 is 5.91 Å². The molecule has 0 radical (unpaired) electrons. The average Bonchev–Trinajstić information content (AvgIpc) is 2.92. The lowest BCUT2D eigenvalue weighted by molar-refractivity contribution is -0.128. The van der Waals surface area contributed by atoms with E-state index in [1.165, 1.54) is 0 Å². The largest absolute Gasteiger partial charge is 0.481 e. The van der Waals surface area contributed by atoms with Gasteiger partial charge in [0.1, 0.15) is 22.9 Å². The number of aliphatic hydroxyl groups is 1. The third-order valence-corrected chi connectivity index (χ3v) is 3.89. The first kappa shape index (κ1) is 18.6. The molecule has 2 atom stereocenters. The van der Waals surface area contributed by atoms with E-state index >= 15 is 0 Å². The number of furan rings is 1. The summed E-state index contributed by atoms with van der Waals surface area (Å²) in [5.74, 6) is 1.48. The Morgan fingerprint density at radius 2 is 2.04 bits per heavy atom. The summed E-state index contributed by atoms with van der Waals surface area (Å²) in [5.41, 5.74) is -0.0803. The number of rotatable bonds is 6. The fraction of sp³-hybridized carbons (Fsp3) is 0.368. The molecule has 0 aliphatic carbocycles. The van der Waals surface area contributed by atoms with Crippen molar-refractivity contribution in [2.45, 2.75) is 39.4 Å². The SMILES string of the molecule is Cc1cc(C(C)(O)CNC(=O)C(C)Oc2ccc(C#N)cc2)c(C)o1. The zero-order valence-corrected chi connectivity index (χ0v) is 14.8. The molecule has 0 aliphatic rings. The van der Waals surface area contributed by atoms with Crippen LogP contribution in [0.5, 0.6) is 5.75 Å². The standard InChI is InChI=1S/C19H22N2O4/c1-12-9-17(13(2)24-12)19(4,23)11-21-18(22)14(3)25-16-7-5-15(10-20)6-8-16/h5-9,14,23H,11H2,1-4H3,(H,21,22). The minimum Gasteiger partial charge on any atom is -0.481 e. The van der Waals surface area contributed by atoms with Crippen molar-refractivity contribution in [3.05, 3.63) is 53.0 Å². The maximum absolute atomic E-state index is 12.2. The van der Waals surface area contributed by atoms with Gasteiger partial charge in [0, 0.05) is 5.56 Å². The highest BCUT2D eigenvalue weighted by atomic mass is 16.5. The molecule has 0 bridgehead atoms. The van der Waals surface area contributed by atoms with Crippen molar-refractivity contribution in [1.82, 2.24) is 5.32 Å². The molecule has 0 fully saturated rings. The Bertz CT molecular complexity index is 785. The minimum atomic E-state index is -1.24. The number of aryl methyl sites for hydroxylation is 2. The predicted octanol–water partition coefficient (Wildman–Crippen LogP) is 2.56. The summed E-state index contributed by atoms with van der Waals surface area (Å²) in [7, 11) is 0. The van der Waals surface area contributed by atoms with E-state index < -0.39 is 11.7 Å². The quantitative estimate of drug-likeness (QED) is 0.841. The fourth-order valence-corrected chi connectivity index (χ4v) is 2.53. The molecule has 2 N–H and O–H groups in total. The Hall–Kier alpha value is -2.78. The second-order valence-electron chi connectivity index (χ2n) is 6.21. The number of ether oxygens (including phenoxy) is 1. The molecule has 2 aromatic rings. The highest BCUT2D eigenvalue weighted by Crippen LogP contribution is 2.26. The van der Waals surface area contributed by atoms with E-state index in [1.54, 1.807) is 58.0 Å². The summed E-state index contributed by atoms with van der Waals surface area (Å²) < 4.78 is 11.0. The molecule has 2 rings (SSSR count). The van der Waals surface area contributed by atoms with Gasteiger partial charge in [-0.2, -0.15) is 5.26 Å². The first-order valence-corrected chi connectivity index (χ1v) is 7.97. The molecule has 6 nitrogen and oxygen atoms in total. The molecule has 25 heavy (non-hydrogen) atoms. The summed E-state index contributed by atoms with van der Waals surface area (Å²) in [6, 6.07) is 10.3. The summed E-state index contributed by atoms with van der Waals surface area (Å²) in [4.78, 5) is 12.2. The van der Waals surface area contributed by atoms with Crippen LogP contribution < -0.4 is 10.1 Å². The van der Waals surface area contributed by atoms with Crippen LogP contribution in [0.2, 0.25) is 0 Å². The Morgan fingerprint density at radius 3 is 2.56 bits per heavy atom. The van der Waals surface area contributed by atoms with E-state index in [-0.39, 0.29) is 12.5 Å². The molecular weight excluding hydrogens is 320 g/mol. The minimum absolute atomic E-state index is 0.0344. The molecule has 1 aromatic carbocycles. The zero-order valence-electron chi connectivity index (χ0n) is 14.8. The molecule has 0 saturated heterocycles. The van der Waals surface area contributed by atoms with Crippen molar-refractivity contribution in [3.63, 3.8) is 0 Å². The maximum Gasteiger partial charge on any atom is 0.260 e. The lowest BCUT2D eigenvalue weighted by atomic mass is 9.96. The Morgan fingerprint density at radius 1 is 1.40 bits per heavy atom. The number of nitriles is 1. The van der Waals surface area contributed by atoms with Crippen LogP contribution in [0, 0.1) is 25.2 Å². The molecule has 0 spiro atoms. The van der Waals surface area contributed by atoms with Crippen LogP contribution in [0.25, 0.3) is 0 Å². The van der Waals surface area contributed by atoms with E-state index in [2.05, 4.69) is 5.32 Å². The fourth-order valence-electron chi connectivity index (χ4n) is 2.53. The second-order valence-corrected chi connectivity index (χ2v) is 6.21. The van der Waals surface area contributed by atoms with Gasteiger partial charge in [-0.3, -0.25) is 4.79 Å². The highest BCUT2D eigenvalue weighted by Gasteiger charge is 2.29. The topological polar surface area (TPSA) is 95.5 Å². The monoisotopic (exact) mass is 342 g/mol. The number of carbonyl (C=O) groups excluding carboxylic acids is 1. The lowest BCUT2D eigenvalue weighted by Gasteiger charge is -2.24. The molecular formula is C19H22N2O4. The Balaban J connectivity index is 1.94. The van der Waals surface area contributed by atoms with Gasteiger partial charge in [0.25, 0.3) is 5.91 Å². The van der Waals surface area contributed by atoms with Gasteiger partial charge in [0.05, 0.1) is 18.2 Å². The van der Waals surface area contributed by atoms with Crippen molar-refractivity contribution in [1.29, 1.82) is 5.26 Å². The van der Waals surface area contributed by atoms with E-state index in [9.17, 15) is 9.90 Å². The van der Waals surface area contributed by atoms with Gasteiger partial charge in [-0.1, -0.05) is 0 Å². The van der Waals surface area contributed by atoms with Crippen LogP contribution in [0.3, 0.4) is 0 Å². The molecule has 0 aliphatic heterocycles. The molecule has 6 heteroatoms. The molecule has 1 aromatic heterocycles. The van der Waals surface area contributed by atoms with E-state index in [4.69, 9.17) is 14.4 Å². The summed E-state index contributed by atoms with van der Waals surface area (Å²) in [6.07, 6.45) is -0.740. The predicted molar refractivity (Wildman–Crippen MR) is 92.0 cm³/mol. The van der Waals surface area contributed by atoms with Gasteiger partial charge in [0.15, 0.2) is 6.10 Å². The van der Waals surface area contributed by atoms with Crippen LogP contribution in [-0.4, -0.2) is 23.7 Å². The van der Waals surface area contributed by atoms with Crippen molar-refractivity contribution < 1.29 is 19.1 Å². The van der Waals surface area contributed by atoms with E-state index in [1.807, 2.05) is 6.07 Å². The lowest BCUT2D eigenvalue weighted by Crippen LogP contribution is -2.43. The first-order chi connectivity index (χ1) is 11.7. The third-order valence-electron chi connectivity index (χ3n) is 3.89. The summed E-state index contributed by atoms with van der Waals surface area (Å²) in [6.45, 7) is 6.85. The number of benzene rings is 1. The van der Waals surface area contributed by atoms with Gasteiger partial charge in [-0.05, 0) is 58.0 Å². The van der Waals surface area contributed by atoms with Crippen LogP contribution in [0.15, 0.2) is 34.7 Å². The van der Waals surface area contributed by atoms with E-state index in [0.717, 1.165) is 0 Å². The Kier molecular flexibility index (Phi) is 5.50. The van der Waals surface area contributed by atoms with Crippen molar-refractivity contribution in [2.24, 2.45) is 0 Å². The maximum atomic E-state index is 12.2. The molecule has 1 amide bonds. The van der Waals surface area contributed by atoms with Crippen LogP contribution in [0.4, 0.5) is 0 Å². The van der Waals surface area contributed by atoms with E-state index in [0.29, 0.717) is 28.4 Å². The summed E-state index contributed by atoms with van der Waals surface area (Å²) in [5, 5.41) is 22.1. The van der Waals surface area contributed by atoms with Gasteiger partial charge < -0.3 is 19.6 Å². The summed E-state index contributed by atoms with van der Waals surface area (Å²) >= 11 is 0. The average molecular weight is 342 g/mol. The van der Waals surface area contributed by atoms with Gasteiger partial charge in [-0.15, -0.1) is 0 Å². The smallest absolute Gasteiger partial charge is 0.260 e. The molecule has 1 heterocycles. The van der Waals surface area contributed by atoms with Crippen LogP contribution in [0.1, 0.15) is 36.5 Å². The van der Waals surface area contributed by atoms with Gasteiger partial charge in [-0.25, -0.2) is 0 Å². The molecule has 2 unspecified atom stereocenters. The number of hydrogen-bond donors (Lipinski definition) is 2. The number of amides is 1. The second kappa shape index (κ2) is 7.41. The number of carbonyl (C=O) groups is 1. The number of nitrogens with zero attached hydrogens (tertiary/aromatic N) is 1. The normalized spacial score (nSPS) is 14.2. The first-order valence-electron chi connectivity index (χ1n) is 7.97. The third kappa shape index (κ3) is 4.61. The number of hydrogen-bond acceptors (Lipinski definition) is 5. The zero-order chi connectivity index (χ0) is 18.6. The Labute approximate surface area is 147 Å². The highest BCUT2D eigenvalue weighted by molar-refractivity contribution is 5.80.